The topological polar surface area (TPSA) is 33.7 Å². The zero-order valence-electron chi connectivity index (χ0n) is 15.5. The van der Waals surface area contributed by atoms with Gasteiger partial charge in [0.1, 0.15) is 12.4 Å². The Morgan fingerprint density at radius 3 is 2.39 bits per heavy atom. The first-order chi connectivity index (χ1) is 12.7. The monoisotopic (exact) mass is 510 g/mol. The molecule has 0 amide bonds. The first kappa shape index (κ1) is 25.5. The van der Waals surface area contributed by atoms with Gasteiger partial charge in [0, 0.05) is 37.7 Å². The number of nitrogens with one attached hydrogen (secondary N) is 1. The molecule has 1 aliphatic rings. The third-order valence-corrected chi connectivity index (χ3v) is 5.21. The first-order valence-corrected chi connectivity index (χ1v) is 10.0. The standard InChI is InChI=1S/C20H24BrClN2O2.2ClH/c21-19-13-17(14-23-7-8-24-9-11-25-12-10-24)3-6-20(19)26-15-16-1-4-18(22)5-2-16;;/h1-6,13,23H,7-12,14-15H2;2*1H. The second-order valence-electron chi connectivity index (χ2n) is 6.31. The Kier molecular flexibility index (Phi) is 12.4. The summed E-state index contributed by atoms with van der Waals surface area (Å²) < 4.78 is 12.2. The van der Waals surface area contributed by atoms with Crippen LogP contribution in [0.25, 0.3) is 0 Å². The zero-order chi connectivity index (χ0) is 18.2. The second-order valence-corrected chi connectivity index (χ2v) is 7.60. The Balaban J connectivity index is 0.00000196. The van der Waals surface area contributed by atoms with Gasteiger partial charge in [0.15, 0.2) is 0 Å². The largest absolute Gasteiger partial charge is 0.488 e. The van der Waals surface area contributed by atoms with Gasteiger partial charge in [-0.15, -0.1) is 24.8 Å². The second kappa shape index (κ2) is 13.6. The van der Waals surface area contributed by atoms with E-state index in [2.05, 4.69) is 38.3 Å². The van der Waals surface area contributed by atoms with Crippen molar-refractivity contribution in [3.8, 4) is 5.75 Å². The molecule has 0 atom stereocenters. The average Bonchev–Trinajstić information content (AvgIpc) is 2.67. The highest BCUT2D eigenvalue weighted by Gasteiger charge is 2.09. The molecule has 0 aromatic heterocycles. The van der Waals surface area contributed by atoms with Crippen molar-refractivity contribution in [2.24, 2.45) is 0 Å². The minimum atomic E-state index is 0. The van der Waals surface area contributed by atoms with E-state index in [4.69, 9.17) is 21.1 Å². The number of hydrogen-bond donors (Lipinski definition) is 1. The Hall–Kier alpha value is -0.530. The van der Waals surface area contributed by atoms with Crippen LogP contribution in [-0.2, 0) is 17.9 Å². The number of ether oxygens (including phenoxy) is 2. The predicted octanol–water partition coefficient (Wildman–Crippen LogP) is 4.95. The quantitative estimate of drug-likeness (QED) is 0.508. The minimum Gasteiger partial charge on any atom is -0.488 e. The summed E-state index contributed by atoms with van der Waals surface area (Å²) >= 11 is 9.51. The van der Waals surface area contributed by atoms with Gasteiger partial charge >= 0.3 is 0 Å². The van der Waals surface area contributed by atoms with E-state index in [1.807, 2.05) is 30.3 Å². The van der Waals surface area contributed by atoms with Crippen LogP contribution >= 0.6 is 52.3 Å². The lowest BCUT2D eigenvalue weighted by Gasteiger charge is -2.26. The number of benzene rings is 2. The average molecular weight is 513 g/mol. The molecule has 8 heteroatoms. The number of halogens is 4. The van der Waals surface area contributed by atoms with Crippen molar-refractivity contribution in [2.45, 2.75) is 13.2 Å². The van der Waals surface area contributed by atoms with Gasteiger partial charge in [0.25, 0.3) is 0 Å². The van der Waals surface area contributed by atoms with Crippen molar-refractivity contribution >= 4 is 52.3 Å². The molecule has 4 nitrogen and oxygen atoms in total. The van der Waals surface area contributed by atoms with E-state index in [1.165, 1.54) is 5.56 Å². The summed E-state index contributed by atoms with van der Waals surface area (Å²) in [5.41, 5.74) is 2.33. The summed E-state index contributed by atoms with van der Waals surface area (Å²) in [6.07, 6.45) is 0. The van der Waals surface area contributed by atoms with Crippen LogP contribution in [0.1, 0.15) is 11.1 Å². The summed E-state index contributed by atoms with van der Waals surface area (Å²) in [6.45, 7) is 7.18. The number of hydrogen-bond acceptors (Lipinski definition) is 4. The molecule has 0 aliphatic carbocycles. The predicted molar refractivity (Wildman–Crippen MR) is 123 cm³/mol. The van der Waals surface area contributed by atoms with Gasteiger partial charge in [-0.2, -0.15) is 0 Å². The van der Waals surface area contributed by atoms with E-state index in [0.29, 0.717) is 6.61 Å². The first-order valence-electron chi connectivity index (χ1n) is 8.87. The molecule has 1 fully saturated rings. The van der Waals surface area contributed by atoms with Crippen molar-refractivity contribution in [2.75, 3.05) is 39.4 Å². The maximum Gasteiger partial charge on any atom is 0.134 e. The molecule has 1 N–H and O–H groups in total. The highest BCUT2D eigenvalue weighted by atomic mass is 79.9. The maximum atomic E-state index is 5.91. The summed E-state index contributed by atoms with van der Waals surface area (Å²) in [5.74, 6) is 0.844. The zero-order valence-corrected chi connectivity index (χ0v) is 19.5. The molecule has 28 heavy (non-hydrogen) atoms. The normalized spacial score (nSPS) is 14.1. The molecule has 1 saturated heterocycles. The summed E-state index contributed by atoms with van der Waals surface area (Å²) in [4.78, 5) is 2.43. The van der Waals surface area contributed by atoms with Crippen LogP contribution in [0.4, 0.5) is 0 Å². The number of morpholine rings is 1. The smallest absolute Gasteiger partial charge is 0.134 e. The van der Waals surface area contributed by atoms with Gasteiger partial charge in [0.05, 0.1) is 17.7 Å². The van der Waals surface area contributed by atoms with Crippen LogP contribution in [-0.4, -0.2) is 44.3 Å². The Morgan fingerprint density at radius 2 is 1.71 bits per heavy atom. The summed E-state index contributed by atoms with van der Waals surface area (Å²) in [5, 5.41) is 4.24. The lowest BCUT2D eigenvalue weighted by Crippen LogP contribution is -2.40. The molecular formula is C20H26BrCl3N2O2. The van der Waals surface area contributed by atoms with Crippen molar-refractivity contribution in [3.63, 3.8) is 0 Å². The lowest BCUT2D eigenvalue weighted by atomic mass is 10.2. The molecule has 156 valence electrons. The van der Waals surface area contributed by atoms with Gasteiger partial charge in [0.2, 0.25) is 0 Å². The van der Waals surface area contributed by atoms with Gasteiger partial charge in [-0.3, -0.25) is 4.90 Å². The van der Waals surface area contributed by atoms with Crippen LogP contribution in [0, 0.1) is 0 Å². The Bertz CT molecular complexity index is 698. The van der Waals surface area contributed by atoms with E-state index in [0.717, 1.165) is 66.7 Å². The maximum absolute atomic E-state index is 5.91. The van der Waals surface area contributed by atoms with Crippen LogP contribution in [0.15, 0.2) is 46.9 Å². The lowest BCUT2D eigenvalue weighted by molar-refractivity contribution is 0.0384. The van der Waals surface area contributed by atoms with Crippen LogP contribution < -0.4 is 10.1 Å². The molecule has 1 heterocycles. The molecule has 0 spiro atoms. The van der Waals surface area contributed by atoms with E-state index in [1.54, 1.807) is 0 Å². The van der Waals surface area contributed by atoms with Crippen molar-refractivity contribution in [1.29, 1.82) is 0 Å². The molecule has 0 bridgehead atoms. The molecule has 0 unspecified atom stereocenters. The highest BCUT2D eigenvalue weighted by molar-refractivity contribution is 9.10. The molecule has 2 aromatic rings. The number of nitrogens with zero attached hydrogens (tertiary/aromatic N) is 1. The van der Waals surface area contributed by atoms with E-state index in [-0.39, 0.29) is 24.8 Å². The van der Waals surface area contributed by atoms with Crippen LogP contribution in [0.2, 0.25) is 5.02 Å². The van der Waals surface area contributed by atoms with E-state index in [9.17, 15) is 0 Å². The molecule has 2 aromatic carbocycles. The molecular weight excluding hydrogens is 486 g/mol. The Morgan fingerprint density at radius 1 is 1.04 bits per heavy atom. The molecule has 0 saturated carbocycles. The fraction of sp³-hybridized carbons (Fsp3) is 0.400. The van der Waals surface area contributed by atoms with Gasteiger partial charge in [-0.25, -0.2) is 0 Å². The fourth-order valence-corrected chi connectivity index (χ4v) is 3.47. The van der Waals surface area contributed by atoms with Crippen molar-refractivity contribution in [3.05, 3.63) is 63.1 Å². The summed E-state index contributed by atoms with van der Waals surface area (Å²) in [7, 11) is 0. The third kappa shape index (κ3) is 8.46. The van der Waals surface area contributed by atoms with Crippen LogP contribution in [0.5, 0.6) is 5.75 Å². The summed E-state index contributed by atoms with van der Waals surface area (Å²) in [6, 6.07) is 13.9. The van der Waals surface area contributed by atoms with Gasteiger partial charge in [-0.05, 0) is 51.3 Å². The van der Waals surface area contributed by atoms with Crippen LogP contribution in [0.3, 0.4) is 0 Å². The van der Waals surface area contributed by atoms with E-state index >= 15 is 0 Å². The minimum absolute atomic E-state index is 0. The number of rotatable bonds is 8. The molecule has 3 rings (SSSR count). The van der Waals surface area contributed by atoms with Crippen molar-refractivity contribution in [1.82, 2.24) is 10.2 Å². The third-order valence-electron chi connectivity index (χ3n) is 4.34. The highest BCUT2D eigenvalue weighted by Crippen LogP contribution is 2.27. The molecule has 0 radical (unpaired) electrons. The van der Waals surface area contributed by atoms with Gasteiger partial charge < -0.3 is 14.8 Å². The van der Waals surface area contributed by atoms with E-state index < -0.39 is 0 Å². The van der Waals surface area contributed by atoms with Gasteiger partial charge in [-0.1, -0.05) is 29.8 Å². The van der Waals surface area contributed by atoms with Crippen molar-refractivity contribution < 1.29 is 9.47 Å². The SMILES string of the molecule is Cl.Cl.Clc1ccc(COc2ccc(CNCCN3CCOCC3)cc2Br)cc1. The fourth-order valence-electron chi connectivity index (χ4n) is 2.81. The Labute approximate surface area is 192 Å². The molecule has 1 aliphatic heterocycles.